The standard InChI is InChI=1S/C16H25NO2/c1-6-14(16(18)17(7-2)8-3)19-15-11-9-10-12(4)13(15)5/h9-11,14H,6-8H2,1-5H3/t14-/m1/s1. The highest BCUT2D eigenvalue weighted by Gasteiger charge is 2.23. The Kier molecular flexibility index (Phi) is 5.87. The molecule has 0 N–H and O–H groups in total. The number of rotatable bonds is 6. The second kappa shape index (κ2) is 7.17. The molecular formula is C16H25NO2. The van der Waals surface area contributed by atoms with Gasteiger partial charge in [0.2, 0.25) is 0 Å². The molecule has 0 aliphatic heterocycles. The van der Waals surface area contributed by atoms with E-state index >= 15 is 0 Å². The summed E-state index contributed by atoms with van der Waals surface area (Å²) in [5.74, 6) is 0.890. The lowest BCUT2D eigenvalue weighted by atomic mass is 10.1. The topological polar surface area (TPSA) is 29.5 Å². The molecule has 1 amide bonds. The predicted molar refractivity (Wildman–Crippen MR) is 78.6 cm³/mol. The fraction of sp³-hybridized carbons (Fsp3) is 0.562. The highest BCUT2D eigenvalue weighted by molar-refractivity contribution is 5.81. The van der Waals surface area contributed by atoms with E-state index in [1.807, 2.05) is 44.7 Å². The maximum atomic E-state index is 12.3. The van der Waals surface area contributed by atoms with Crippen molar-refractivity contribution in [3.05, 3.63) is 29.3 Å². The van der Waals surface area contributed by atoms with Crippen LogP contribution in [0.2, 0.25) is 0 Å². The van der Waals surface area contributed by atoms with Crippen LogP contribution in [-0.2, 0) is 4.79 Å². The molecule has 1 atom stereocenters. The molecule has 1 rings (SSSR count). The molecule has 3 nitrogen and oxygen atoms in total. The van der Waals surface area contributed by atoms with Crippen LogP contribution in [0.15, 0.2) is 18.2 Å². The largest absolute Gasteiger partial charge is 0.480 e. The van der Waals surface area contributed by atoms with Crippen molar-refractivity contribution >= 4 is 5.91 Å². The van der Waals surface area contributed by atoms with Crippen molar-refractivity contribution in [2.24, 2.45) is 0 Å². The fourth-order valence-electron chi connectivity index (χ4n) is 2.05. The Balaban J connectivity index is 2.87. The molecule has 1 aromatic carbocycles. The van der Waals surface area contributed by atoms with Gasteiger partial charge in [-0.25, -0.2) is 0 Å². The van der Waals surface area contributed by atoms with Crippen LogP contribution in [0.3, 0.4) is 0 Å². The minimum absolute atomic E-state index is 0.0772. The van der Waals surface area contributed by atoms with Gasteiger partial charge < -0.3 is 9.64 Å². The van der Waals surface area contributed by atoms with Crippen LogP contribution >= 0.6 is 0 Å². The molecule has 0 saturated carbocycles. The van der Waals surface area contributed by atoms with Crippen molar-refractivity contribution in [1.29, 1.82) is 0 Å². The Hall–Kier alpha value is -1.51. The Labute approximate surface area is 116 Å². The van der Waals surface area contributed by atoms with Crippen molar-refractivity contribution in [2.75, 3.05) is 13.1 Å². The number of carbonyl (C=O) groups is 1. The highest BCUT2D eigenvalue weighted by Crippen LogP contribution is 2.23. The molecule has 0 fully saturated rings. The second-order valence-electron chi connectivity index (χ2n) is 4.72. The van der Waals surface area contributed by atoms with E-state index in [0.717, 1.165) is 24.4 Å². The van der Waals surface area contributed by atoms with E-state index in [-0.39, 0.29) is 12.0 Å². The van der Waals surface area contributed by atoms with Crippen LogP contribution in [0.4, 0.5) is 0 Å². The second-order valence-corrected chi connectivity index (χ2v) is 4.72. The maximum absolute atomic E-state index is 12.3. The number of carbonyl (C=O) groups excluding carboxylic acids is 1. The van der Waals surface area contributed by atoms with Gasteiger partial charge in [0.1, 0.15) is 5.75 Å². The Bertz CT molecular complexity index is 425. The molecule has 0 unspecified atom stereocenters. The summed E-state index contributed by atoms with van der Waals surface area (Å²) in [7, 11) is 0. The molecule has 0 aliphatic carbocycles. The number of nitrogens with zero attached hydrogens (tertiary/aromatic N) is 1. The third-order valence-corrected chi connectivity index (χ3v) is 3.55. The summed E-state index contributed by atoms with van der Waals surface area (Å²) >= 11 is 0. The maximum Gasteiger partial charge on any atom is 0.263 e. The molecule has 1 aromatic rings. The average Bonchev–Trinajstić information content (AvgIpc) is 2.41. The lowest BCUT2D eigenvalue weighted by Crippen LogP contribution is -2.41. The predicted octanol–water partition coefficient (Wildman–Crippen LogP) is 3.33. The third-order valence-electron chi connectivity index (χ3n) is 3.55. The van der Waals surface area contributed by atoms with E-state index in [1.54, 1.807) is 0 Å². The van der Waals surface area contributed by atoms with Crippen LogP contribution in [0, 0.1) is 13.8 Å². The van der Waals surface area contributed by atoms with E-state index in [1.165, 1.54) is 5.56 Å². The van der Waals surface area contributed by atoms with E-state index in [0.29, 0.717) is 6.42 Å². The van der Waals surface area contributed by atoms with Gasteiger partial charge in [0.25, 0.3) is 5.91 Å². The minimum atomic E-state index is -0.389. The SMILES string of the molecule is CC[C@@H](Oc1cccc(C)c1C)C(=O)N(CC)CC. The van der Waals surface area contributed by atoms with Gasteiger partial charge in [-0.2, -0.15) is 0 Å². The number of benzene rings is 1. The van der Waals surface area contributed by atoms with Gasteiger partial charge in [-0.3, -0.25) is 4.79 Å². The number of ether oxygens (including phenoxy) is 1. The smallest absolute Gasteiger partial charge is 0.263 e. The van der Waals surface area contributed by atoms with Crippen LogP contribution in [-0.4, -0.2) is 30.0 Å². The molecule has 0 aliphatic rings. The number of amides is 1. The van der Waals surface area contributed by atoms with Gasteiger partial charge in [-0.05, 0) is 51.3 Å². The van der Waals surface area contributed by atoms with Crippen LogP contribution < -0.4 is 4.74 Å². The summed E-state index contributed by atoms with van der Waals surface area (Å²) in [5.41, 5.74) is 2.29. The van der Waals surface area contributed by atoms with Crippen molar-refractivity contribution in [3.63, 3.8) is 0 Å². The van der Waals surface area contributed by atoms with E-state index < -0.39 is 0 Å². The Morgan fingerprint density at radius 1 is 1.21 bits per heavy atom. The monoisotopic (exact) mass is 263 g/mol. The Morgan fingerprint density at radius 2 is 1.84 bits per heavy atom. The van der Waals surface area contributed by atoms with Gasteiger partial charge in [-0.1, -0.05) is 19.1 Å². The first kappa shape index (κ1) is 15.5. The normalized spacial score (nSPS) is 12.1. The molecule has 0 aromatic heterocycles. The summed E-state index contributed by atoms with van der Waals surface area (Å²) in [4.78, 5) is 14.2. The molecular weight excluding hydrogens is 238 g/mol. The highest BCUT2D eigenvalue weighted by atomic mass is 16.5. The molecule has 3 heteroatoms. The number of likely N-dealkylation sites (N-methyl/N-ethyl adjacent to an activating group) is 1. The zero-order chi connectivity index (χ0) is 14.4. The van der Waals surface area contributed by atoms with Gasteiger partial charge in [0.05, 0.1) is 0 Å². The first-order chi connectivity index (χ1) is 9.04. The van der Waals surface area contributed by atoms with Crippen molar-refractivity contribution in [1.82, 2.24) is 4.90 Å². The summed E-state index contributed by atoms with van der Waals surface area (Å²) in [6.07, 6.45) is 0.295. The molecule has 0 spiro atoms. The summed E-state index contributed by atoms with van der Waals surface area (Å²) in [6, 6.07) is 5.95. The zero-order valence-corrected chi connectivity index (χ0v) is 12.7. The molecule has 0 bridgehead atoms. The zero-order valence-electron chi connectivity index (χ0n) is 12.7. The summed E-state index contributed by atoms with van der Waals surface area (Å²) in [6.45, 7) is 11.5. The first-order valence-corrected chi connectivity index (χ1v) is 7.06. The van der Waals surface area contributed by atoms with Gasteiger partial charge in [0.15, 0.2) is 6.10 Å². The quantitative estimate of drug-likeness (QED) is 0.788. The van der Waals surface area contributed by atoms with Crippen LogP contribution in [0.5, 0.6) is 5.75 Å². The number of hydrogen-bond acceptors (Lipinski definition) is 2. The molecule has 19 heavy (non-hydrogen) atoms. The van der Waals surface area contributed by atoms with Crippen molar-refractivity contribution in [2.45, 2.75) is 47.1 Å². The Morgan fingerprint density at radius 3 is 2.37 bits per heavy atom. The molecule has 0 saturated heterocycles. The average molecular weight is 263 g/mol. The summed E-state index contributed by atoms with van der Waals surface area (Å²) < 4.78 is 5.93. The van der Waals surface area contributed by atoms with Gasteiger partial charge >= 0.3 is 0 Å². The van der Waals surface area contributed by atoms with Crippen LogP contribution in [0.1, 0.15) is 38.3 Å². The third kappa shape index (κ3) is 3.72. The number of aryl methyl sites for hydroxylation is 1. The van der Waals surface area contributed by atoms with E-state index in [4.69, 9.17) is 4.74 Å². The molecule has 106 valence electrons. The summed E-state index contributed by atoms with van der Waals surface area (Å²) in [5, 5.41) is 0. The van der Waals surface area contributed by atoms with E-state index in [9.17, 15) is 4.79 Å². The molecule has 0 radical (unpaired) electrons. The first-order valence-electron chi connectivity index (χ1n) is 7.06. The fourth-order valence-corrected chi connectivity index (χ4v) is 2.05. The van der Waals surface area contributed by atoms with Gasteiger partial charge in [0, 0.05) is 13.1 Å². The molecule has 0 heterocycles. The number of hydrogen-bond donors (Lipinski definition) is 0. The van der Waals surface area contributed by atoms with E-state index in [2.05, 4.69) is 13.0 Å². The van der Waals surface area contributed by atoms with Crippen molar-refractivity contribution < 1.29 is 9.53 Å². The van der Waals surface area contributed by atoms with Crippen molar-refractivity contribution in [3.8, 4) is 5.75 Å². The van der Waals surface area contributed by atoms with Crippen LogP contribution in [0.25, 0.3) is 0 Å². The lowest BCUT2D eigenvalue weighted by Gasteiger charge is -2.25. The van der Waals surface area contributed by atoms with Gasteiger partial charge in [-0.15, -0.1) is 0 Å². The minimum Gasteiger partial charge on any atom is -0.480 e. The lowest BCUT2D eigenvalue weighted by molar-refractivity contribution is -0.138.